The van der Waals surface area contributed by atoms with Gasteiger partial charge in [0.1, 0.15) is 29.2 Å². The van der Waals surface area contributed by atoms with Gasteiger partial charge in [0.05, 0.1) is 18.3 Å². The molecule has 2 amide bonds. The molecule has 0 spiro atoms. The number of rotatable bonds is 10. The Kier molecular flexibility index (Phi) is 10.8. The van der Waals surface area contributed by atoms with Gasteiger partial charge >= 0.3 is 6.09 Å². The SMILES string of the molecule is CC(C)(C)OC(=O)N1CCN(c2cc(-c3cc(NC(=O)Cc4ccc(C(=O)C(O)c5ccccc5)cc4)cc(Nc4cnccn4)n3)ccn2)CC1. The summed E-state index contributed by atoms with van der Waals surface area (Å²) in [5.41, 5.74) is 2.86. The van der Waals surface area contributed by atoms with Crippen LogP contribution in [0.2, 0.25) is 0 Å². The third kappa shape index (κ3) is 9.31. The Morgan fingerprint density at radius 2 is 1.62 bits per heavy atom. The Hall–Kier alpha value is -6.21. The first-order chi connectivity index (χ1) is 25.0. The van der Waals surface area contributed by atoms with Gasteiger partial charge in [-0.25, -0.2) is 19.7 Å². The highest BCUT2D eigenvalue weighted by Crippen LogP contribution is 2.28. The van der Waals surface area contributed by atoms with E-state index in [4.69, 9.17) is 9.72 Å². The fraction of sp³-hybridized carbons (Fsp3) is 0.256. The van der Waals surface area contributed by atoms with Crippen molar-refractivity contribution in [3.8, 4) is 11.3 Å². The fourth-order valence-electron chi connectivity index (χ4n) is 5.63. The van der Waals surface area contributed by atoms with Gasteiger partial charge < -0.3 is 30.3 Å². The Morgan fingerprint density at radius 1 is 0.865 bits per heavy atom. The van der Waals surface area contributed by atoms with E-state index >= 15 is 0 Å². The Morgan fingerprint density at radius 3 is 2.31 bits per heavy atom. The number of ether oxygens (including phenoxy) is 1. The molecule has 6 rings (SSSR count). The van der Waals surface area contributed by atoms with Crippen LogP contribution in [0.1, 0.15) is 48.4 Å². The van der Waals surface area contributed by atoms with Crippen molar-refractivity contribution in [3.63, 3.8) is 0 Å². The minimum absolute atomic E-state index is 0.0506. The number of aliphatic hydroxyl groups is 1. The number of carbonyl (C=O) groups is 3. The molecule has 1 atom stereocenters. The number of benzene rings is 2. The molecule has 1 aliphatic heterocycles. The quantitative estimate of drug-likeness (QED) is 0.150. The minimum Gasteiger partial charge on any atom is -0.444 e. The van der Waals surface area contributed by atoms with Crippen molar-refractivity contribution in [2.45, 2.75) is 38.9 Å². The maximum Gasteiger partial charge on any atom is 0.410 e. The predicted molar refractivity (Wildman–Crippen MR) is 197 cm³/mol. The van der Waals surface area contributed by atoms with Crippen LogP contribution in [0.5, 0.6) is 0 Å². The van der Waals surface area contributed by atoms with Crippen molar-refractivity contribution in [3.05, 3.63) is 120 Å². The molecule has 13 nitrogen and oxygen atoms in total. The lowest BCUT2D eigenvalue weighted by atomic mass is 9.98. The van der Waals surface area contributed by atoms with Crippen molar-refractivity contribution in [2.75, 3.05) is 41.7 Å². The second kappa shape index (κ2) is 15.8. The number of piperazine rings is 1. The van der Waals surface area contributed by atoms with Gasteiger partial charge in [0, 0.05) is 67.7 Å². The third-order valence-electron chi connectivity index (χ3n) is 8.19. The molecule has 2 aromatic carbocycles. The molecule has 1 fully saturated rings. The molecule has 266 valence electrons. The second-order valence-electron chi connectivity index (χ2n) is 13.3. The first kappa shape index (κ1) is 35.6. The highest BCUT2D eigenvalue weighted by atomic mass is 16.6. The van der Waals surface area contributed by atoms with Gasteiger partial charge in [0.15, 0.2) is 5.78 Å². The van der Waals surface area contributed by atoms with E-state index in [1.54, 1.807) is 90.4 Å². The average Bonchev–Trinajstić information content (AvgIpc) is 3.14. The van der Waals surface area contributed by atoms with Crippen LogP contribution < -0.4 is 15.5 Å². The van der Waals surface area contributed by atoms with E-state index < -0.39 is 17.5 Å². The van der Waals surface area contributed by atoms with Crippen molar-refractivity contribution in [1.29, 1.82) is 0 Å². The minimum atomic E-state index is -1.27. The maximum atomic E-state index is 13.3. The average molecular weight is 701 g/mol. The van der Waals surface area contributed by atoms with E-state index in [2.05, 4.69) is 30.5 Å². The molecular formula is C39H40N8O5. The van der Waals surface area contributed by atoms with Crippen LogP contribution in [-0.4, -0.2) is 79.5 Å². The summed E-state index contributed by atoms with van der Waals surface area (Å²) < 4.78 is 5.54. The summed E-state index contributed by atoms with van der Waals surface area (Å²) in [5.74, 6) is 0.965. The van der Waals surface area contributed by atoms with E-state index in [0.29, 0.717) is 65.9 Å². The third-order valence-corrected chi connectivity index (χ3v) is 8.19. The Bertz CT molecular complexity index is 2010. The number of amides is 2. The molecular weight excluding hydrogens is 660 g/mol. The summed E-state index contributed by atoms with van der Waals surface area (Å²) in [6.45, 7) is 7.72. The lowest BCUT2D eigenvalue weighted by Gasteiger charge is -2.36. The summed E-state index contributed by atoms with van der Waals surface area (Å²) in [7, 11) is 0. The number of anilines is 4. The second-order valence-corrected chi connectivity index (χ2v) is 13.3. The monoisotopic (exact) mass is 700 g/mol. The van der Waals surface area contributed by atoms with E-state index in [9.17, 15) is 19.5 Å². The molecule has 1 saturated heterocycles. The zero-order valence-electron chi connectivity index (χ0n) is 29.2. The van der Waals surface area contributed by atoms with Crippen LogP contribution in [0.15, 0.2) is 104 Å². The number of hydrogen-bond acceptors (Lipinski definition) is 11. The van der Waals surface area contributed by atoms with Gasteiger partial charge in [0.2, 0.25) is 5.91 Å². The summed E-state index contributed by atoms with van der Waals surface area (Å²) in [4.78, 5) is 60.3. The highest BCUT2D eigenvalue weighted by Gasteiger charge is 2.26. The molecule has 1 aliphatic rings. The molecule has 0 bridgehead atoms. The fourth-order valence-corrected chi connectivity index (χ4v) is 5.63. The molecule has 52 heavy (non-hydrogen) atoms. The topological polar surface area (TPSA) is 163 Å². The van der Waals surface area contributed by atoms with E-state index in [0.717, 1.165) is 11.4 Å². The van der Waals surface area contributed by atoms with Crippen LogP contribution in [0.25, 0.3) is 11.3 Å². The number of aliphatic hydroxyl groups excluding tert-OH is 1. The predicted octanol–water partition coefficient (Wildman–Crippen LogP) is 5.83. The van der Waals surface area contributed by atoms with Crippen LogP contribution in [0.4, 0.5) is 27.9 Å². The standard InChI is InChI=1S/C39H40N8O5/c1-39(2,3)52-38(51)47-19-17-46(18-20-47)34-22-29(13-14-42-34)31-23-30(24-32(44-31)45-33-25-40-15-16-41-33)43-35(48)21-26-9-11-28(12-10-26)37(50)36(49)27-7-5-4-6-8-27/h4-16,22-25,36,49H,17-21H2,1-3H3,(H2,41,43,44,45,48). The number of Topliss-reactive ketones (excluding diaryl/α,β-unsaturated/α-hetero) is 1. The smallest absolute Gasteiger partial charge is 0.410 e. The number of pyridine rings is 2. The molecule has 3 aromatic heterocycles. The summed E-state index contributed by atoms with van der Waals surface area (Å²) in [6.07, 6.45) is 4.86. The molecule has 13 heteroatoms. The van der Waals surface area contributed by atoms with Crippen LogP contribution >= 0.6 is 0 Å². The molecule has 0 radical (unpaired) electrons. The van der Waals surface area contributed by atoms with Gasteiger partial charge in [-0.1, -0.05) is 54.6 Å². The van der Waals surface area contributed by atoms with Crippen molar-refractivity contribution >= 4 is 40.9 Å². The number of hydrogen-bond donors (Lipinski definition) is 3. The van der Waals surface area contributed by atoms with Gasteiger partial charge in [-0.15, -0.1) is 0 Å². The molecule has 0 saturated carbocycles. The van der Waals surface area contributed by atoms with Gasteiger partial charge in [-0.2, -0.15) is 0 Å². The van der Waals surface area contributed by atoms with E-state index in [-0.39, 0.29) is 18.4 Å². The number of nitrogens with zero attached hydrogens (tertiary/aromatic N) is 6. The first-order valence-electron chi connectivity index (χ1n) is 16.9. The summed E-state index contributed by atoms with van der Waals surface area (Å²) in [6, 6.07) is 22.7. The van der Waals surface area contributed by atoms with E-state index in [1.807, 2.05) is 39.0 Å². The van der Waals surface area contributed by atoms with Crippen LogP contribution in [0, 0.1) is 0 Å². The molecule has 3 N–H and O–H groups in total. The maximum absolute atomic E-state index is 13.3. The zero-order chi connectivity index (χ0) is 36.7. The molecule has 1 unspecified atom stereocenters. The summed E-state index contributed by atoms with van der Waals surface area (Å²) >= 11 is 0. The molecule has 5 aromatic rings. The number of carbonyl (C=O) groups excluding carboxylic acids is 3. The number of nitrogens with one attached hydrogen (secondary N) is 2. The van der Waals surface area contributed by atoms with Crippen molar-refractivity contribution in [1.82, 2.24) is 24.8 Å². The van der Waals surface area contributed by atoms with Gasteiger partial charge in [-0.05, 0) is 50.1 Å². The van der Waals surface area contributed by atoms with Crippen LogP contribution in [-0.2, 0) is 16.0 Å². The lowest BCUT2D eigenvalue weighted by Crippen LogP contribution is -2.50. The molecule has 4 heterocycles. The molecule has 0 aliphatic carbocycles. The lowest BCUT2D eigenvalue weighted by molar-refractivity contribution is -0.115. The summed E-state index contributed by atoms with van der Waals surface area (Å²) in [5, 5.41) is 16.7. The van der Waals surface area contributed by atoms with Crippen molar-refractivity contribution in [2.24, 2.45) is 0 Å². The van der Waals surface area contributed by atoms with Crippen molar-refractivity contribution < 1.29 is 24.2 Å². The largest absolute Gasteiger partial charge is 0.444 e. The Balaban J connectivity index is 1.16. The van der Waals surface area contributed by atoms with Crippen LogP contribution in [0.3, 0.4) is 0 Å². The van der Waals surface area contributed by atoms with Gasteiger partial charge in [0.25, 0.3) is 0 Å². The normalized spacial score (nSPS) is 13.6. The first-order valence-corrected chi connectivity index (χ1v) is 16.9. The van der Waals surface area contributed by atoms with Gasteiger partial charge in [-0.3, -0.25) is 14.6 Å². The Labute approximate surface area is 301 Å². The highest BCUT2D eigenvalue weighted by molar-refractivity contribution is 6.00. The number of aromatic nitrogens is 4. The number of ketones is 1. The van der Waals surface area contributed by atoms with E-state index in [1.165, 1.54) is 0 Å². The zero-order valence-corrected chi connectivity index (χ0v) is 29.2.